The maximum absolute atomic E-state index is 12.5. The Kier molecular flexibility index (Phi) is 4.27. The van der Waals surface area contributed by atoms with E-state index < -0.39 is 5.25 Å². The molecule has 0 aliphatic rings. The summed E-state index contributed by atoms with van der Waals surface area (Å²) in [5, 5.41) is 15.8. The zero-order valence-corrected chi connectivity index (χ0v) is 12.4. The average Bonchev–Trinajstić information content (AvgIpc) is 3.19. The van der Waals surface area contributed by atoms with Crippen LogP contribution in [0.15, 0.2) is 53.1 Å². The number of carbonyl (C=O) groups is 1. The zero-order valence-electron chi connectivity index (χ0n) is 10.8. The van der Waals surface area contributed by atoms with E-state index >= 15 is 0 Å². The Hall–Kier alpha value is -2.19. The second-order valence-electron chi connectivity index (χ2n) is 4.04. The largest absolute Gasteiger partial charge is 0.301 e. The number of carbonyl (C=O) groups excluding carboxylic acids is 1. The van der Waals surface area contributed by atoms with Gasteiger partial charge in [0, 0.05) is 11.6 Å². The fraction of sp³-hybridized carbons (Fsp3) is 0.0769. The Morgan fingerprint density at radius 3 is 2.86 bits per heavy atom. The van der Waals surface area contributed by atoms with Crippen molar-refractivity contribution >= 4 is 34.1 Å². The molecule has 1 amide bonds. The summed E-state index contributed by atoms with van der Waals surface area (Å²) in [6.45, 7) is 0. The van der Waals surface area contributed by atoms with Gasteiger partial charge in [0.25, 0.3) is 0 Å². The van der Waals surface area contributed by atoms with Gasteiger partial charge in [0.1, 0.15) is 10.3 Å². The number of nitrogens with zero attached hydrogens (tertiary/aromatic N) is 3. The molecule has 0 spiro atoms. The predicted molar refractivity (Wildman–Crippen MR) is 82.2 cm³/mol. The van der Waals surface area contributed by atoms with Gasteiger partial charge in [0.05, 0.1) is 6.20 Å². The van der Waals surface area contributed by atoms with Gasteiger partial charge in [0.2, 0.25) is 5.91 Å². The summed E-state index contributed by atoms with van der Waals surface area (Å²) >= 11 is 2.72. The number of benzene rings is 1. The third-order valence-corrected chi connectivity index (χ3v) is 4.48. The van der Waals surface area contributed by atoms with Crippen LogP contribution in [0.5, 0.6) is 0 Å². The van der Waals surface area contributed by atoms with Crippen molar-refractivity contribution in [3.8, 4) is 0 Å². The summed E-state index contributed by atoms with van der Waals surface area (Å²) in [5.41, 5.74) is 0.902. The minimum Gasteiger partial charge on any atom is -0.301 e. The first-order valence-electron chi connectivity index (χ1n) is 6.10. The van der Waals surface area contributed by atoms with Gasteiger partial charge < -0.3 is 5.32 Å². The second kappa shape index (κ2) is 6.51. The van der Waals surface area contributed by atoms with E-state index in [1.165, 1.54) is 23.1 Å². The van der Waals surface area contributed by atoms with Crippen molar-refractivity contribution in [1.29, 1.82) is 0 Å². The van der Waals surface area contributed by atoms with E-state index in [9.17, 15) is 4.79 Å². The fourth-order valence-corrected chi connectivity index (χ4v) is 3.17. The van der Waals surface area contributed by atoms with Crippen molar-refractivity contribution in [2.45, 2.75) is 10.3 Å². The summed E-state index contributed by atoms with van der Waals surface area (Å²) in [7, 11) is 0. The Morgan fingerprint density at radius 1 is 1.33 bits per heavy atom. The SMILES string of the molecule is O=C(Nc1nccs1)[C@@H](Sc1cn[nH]n1)c1ccccc1. The molecule has 0 bridgehead atoms. The molecule has 1 aromatic carbocycles. The molecule has 21 heavy (non-hydrogen) atoms. The molecule has 3 rings (SSSR count). The first-order chi connectivity index (χ1) is 10.3. The molecule has 0 unspecified atom stereocenters. The van der Waals surface area contributed by atoms with Crippen LogP contribution in [-0.4, -0.2) is 26.3 Å². The minimum absolute atomic E-state index is 0.135. The van der Waals surface area contributed by atoms with Crippen molar-refractivity contribution in [2.24, 2.45) is 0 Å². The number of hydrogen-bond acceptors (Lipinski definition) is 6. The van der Waals surface area contributed by atoms with Gasteiger partial charge in [-0.2, -0.15) is 10.3 Å². The molecule has 6 nitrogen and oxygen atoms in total. The summed E-state index contributed by atoms with van der Waals surface area (Å²) in [5.74, 6) is -0.135. The van der Waals surface area contributed by atoms with Crippen LogP contribution in [0.2, 0.25) is 0 Å². The molecular formula is C13H11N5OS2. The van der Waals surface area contributed by atoms with E-state index in [0.717, 1.165) is 5.56 Å². The van der Waals surface area contributed by atoms with Crippen LogP contribution in [0.4, 0.5) is 5.13 Å². The van der Waals surface area contributed by atoms with Crippen LogP contribution < -0.4 is 5.32 Å². The van der Waals surface area contributed by atoms with Gasteiger partial charge in [0.15, 0.2) is 5.13 Å². The Bertz CT molecular complexity index is 685. The van der Waals surface area contributed by atoms with Crippen molar-refractivity contribution in [2.75, 3.05) is 5.32 Å². The molecule has 3 aromatic rings. The molecule has 2 heterocycles. The van der Waals surface area contributed by atoms with Gasteiger partial charge in [-0.25, -0.2) is 4.98 Å². The highest BCUT2D eigenvalue weighted by Crippen LogP contribution is 2.34. The van der Waals surface area contributed by atoms with Crippen molar-refractivity contribution < 1.29 is 4.79 Å². The number of thioether (sulfide) groups is 1. The highest BCUT2D eigenvalue weighted by atomic mass is 32.2. The summed E-state index contributed by atoms with van der Waals surface area (Å²) in [6, 6.07) is 9.56. The lowest BCUT2D eigenvalue weighted by Crippen LogP contribution is -2.18. The second-order valence-corrected chi connectivity index (χ2v) is 6.06. The number of amides is 1. The van der Waals surface area contributed by atoms with E-state index in [1.54, 1.807) is 12.4 Å². The molecule has 0 saturated heterocycles. The number of H-pyrrole nitrogens is 1. The highest BCUT2D eigenvalue weighted by Gasteiger charge is 2.23. The van der Waals surface area contributed by atoms with E-state index in [1.807, 2.05) is 35.7 Å². The van der Waals surface area contributed by atoms with Crippen molar-refractivity contribution in [1.82, 2.24) is 20.4 Å². The van der Waals surface area contributed by atoms with Gasteiger partial charge in [-0.15, -0.1) is 16.4 Å². The maximum Gasteiger partial charge on any atom is 0.244 e. The smallest absolute Gasteiger partial charge is 0.244 e. The summed E-state index contributed by atoms with van der Waals surface area (Å²) in [4.78, 5) is 16.6. The minimum atomic E-state index is -0.416. The summed E-state index contributed by atoms with van der Waals surface area (Å²) < 4.78 is 0. The van der Waals surface area contributed by atoms with Crippen LogP contribution >= 0.6 is 23.1 Å². The molecular weight excluding hydrogens is 306 g/mol. The molecule has 0 radical (unpaired) electrons. The molecule has 8 heteroatoms. The van der Waals surface area contributed by atoms with E-state index in [-0.39, 0.29) is 5.91 Å². The lowest BCUT2D eigenvalue weighted by molar-refractivity contribution is -0.115. The Balaban J connectivity index is 1.83. The highest BCUT2D eigenvalue weighted by molar-refractivity contribution is 8.00. The number of aromatic amines is 1. The van der Waals surface area contributed by atoms with Gasteiger partial charge in [-0.1, -0.05) is 42.1 Å². The molecule has 0 aliphatic heterocycles. The quantitative estimate of drug-likeness (QED) is 0.707. The van der Waals surface area contributed by atoms with Crippen LogP contribution in [0.1, 0.15) is 10.8 Å². The first-order valence-corrected chi connectivity index (χ1v) is 7.86. The number of thiazole rings is 1. The molecule has 0 saturated carbocycles. The molecule has 0 fully saturated rings. The zero-order chi connectivity index (χ0) is 14.5. The van der Waals surface area contributed by atoms with Gasteiger partial charge in [-0.3, -0.25) is 4.79 Å². The van der Waals surface area contributed by atoms with Gasteiger partial charge >= 0.3 is 0 Å². The van der Waals surface area contributed by atoms with Crippen LogP contribution in [0.25, 0.3) is 0 Å². The lowest BCUT2D eigenvalue weighted by Gasteiger charge is -2.14. The number of aromatic nitrogens is 4. The topological polar surface area (TPSA) is 83.6 Å². The molecule has 2 N–H and O–H groups in total. The van der Waals surface area contributed by atoms with Crippen molar-refractivity contribution in [3.63, 3.8) is 0 Å². The van der Waals surface area contributed by atoms with Crippen molar-refractivity contribution in [3.05, 3.63) is 53.7 Å². The van der Waals surface area contributed by atoms with Crippen LogP contribution in [0.3, 0.4) is 0 Å². The number of hydrogen-bond donors (Lipinski definition) is 2. The number of nitrogens with one attached hydrogen (secondary N) is 2. The molecule has 106 valence electrons. The standard InChI is InChI=1S/C13H11N5OS2/c19-12(16-13-14-6-7-20-13)11(9-4-2-1-3-5-9)21-10-8-15-18-17-10/h1-8,11H,(H,14,16,19)(H,15,17,18)/t11-/m0/s1. The monoisotopic (exact) mass is 317 g/mol. The Morgan fingerprint density at radius 2 is 2.19 bits per heavy atom. The predicted octanol–water partition coefficient (Wildman–Crippen LogP) is 2.73. The molecule has 2 aromatic heterocycles. The van der Waals surface area contributed by atoms with Crippen LogP contribution in [-0.2, 0) is 4.79 Å². The molecule has 0 aliphatic carbocycles. The first kappa shape index (κ1) is 13.8. The van der Waals surface area contributed by atoms with Gasteiger partial charge in [-0.05, 0) is 5.56 Å². The third-order valence-electron chi connectivity index (χ3n) is 2.63. The summed E-state index contributed by atoms with van der Waals surface area (Å²) in [6.07, 6.45) is 3.25. The number of rotatable bonds is 5. The van der Waals surface area contributed by atoms with E-state index in [0.29, 0.717) is 10.2 Å². The maximum atomic E-state index is 12.5. The fourth-order valence-electron chi connectivity index (χ4n) is 1.73. The van der Waals surface area contributed by atoms with E-state index in [2.05, 4.69) is 25.7 Å². The van der Waals surface area contributed by atoms with E-state index in [4.69, 9.17) is 0 Å². The Labute approximate surface area is 129 Å². The lowest BCUT2D eigenvalue weighted by atomic mass is 10.1. The van der Waals surface area contributed by atoms with Crippen LogP contribution in [0, 0.1) is 0 Å². The normalized spacial score (nSPS) is 12.0. The average molecular weight is 317 g/mol. The third kappa shape index (κ3) is 3.47. The molecule has 1 atom stereocenters. The number of anilines is 1.